The minimum absolute atomic E-state index is 0.136. The SMILES string of the molecule is CCC(OC)c1noc(C(C)C(=O)C(F)(F)F)n1. The van der Waals surface area contributed by atoms with E-state index < -0.39 is 24.0 Å². The van der Waals surface area contributed by atoms with Crippen molar-refractivity contribution in [3.8, 4) is 0 Å². The smallest absolute Gasteiger partial charge is 0.373 e. The predicted molar refractivity (Wildman–Crippen MR) is 53.8 cm³/mol. The maximum atomic E-state index is 12.2. The van der Waals surface area contributed by atoms with Crippen molar-refractivity contribution in [3.63, 3.8) is 0 Å². The summed E-state index contributed by atoms with van der Waals surface area (Å²) in [6.07, 6.45) is -4.84. The highest BCUT2D eigenvalue weighted by atomic mass is 19.4. The Balaban J connectivity index is 2.89. The summed E-state index contributed by atoms with van der Waals surface area (Å²) in [6.45, 7) is 2.87. The average molecular weight is 266 g/mol. The summed E-state index contributed by atoms with van der Waals surface area (Å²) in [4.78, 5) is 14.8. The molecule has 0 aliphatic rings. The predicted octanol–water partition coefficient (Wildman–Crippen LogP) is 2.40. The highest BCUT2D eigenvalue weighted by Crippen LogP contribution is 2.27. The van der Waals surface area contributed by atoms with Crippen LogP contribution in [0.5, 0.6) is 0 Å². The van der Waals surface area contributed by atoms with Crippen LogP contribution in [0.3, 0.4) is 0 Å². The van der Waals surface area contributed by atoms with Gasteiger partial charge in [0, 0.05) is 7.11 Å². The molecule has 0 amide bonds. The van der Waals surface area contributed by atoms with Crippen LogP contribution in [0.1, 0.15) is 44.0 Å². The van der Waals surface area contributed by atoms with Crippen LogP contribution in [0.25, 0.3) is 0 Å². The van der Waals surface area contributed by atoms with Gasteiger partial charge in [-0.25, -0.2) is 0 Å². The molecule has 1 rings (SSSR count). The monoisotopic (exact) mass is 266 g/mol. The van der Waals surface area contributed by atoms with Gasteiger partial charge in [0.25, 0.3) is 0 Å². The molecule has 1 aromatic rings. The zero-order valence-corrected chi connectivity index (χ0v) is 10.1. The summed E-state index contributed by atoms with van der Waals surface area (Å²) in [7, 11) is 1.43. The van der Waals surface area contributed by atoms with E-state index in [1.54, 1.807) is 6.92 Å². The molecule has 0 aliphatic heterocycles. The van der Waals surface area contributed by atoms with E-state index in [9.17, 15) is 18.0 Å². The van der Waals surface area contributed by atoms with Crippen LogP contribution < -0.4 is 0 Å². The van der Waals surface area contributed by atoms with Crippen molar-refractivity contribution in [2.24, 2.45) is 0 Å². The third-order valence-electron chi connectivity index (χ3n) is 2.44. The molecule has 0 aromatic carbocycles. The number of hydrogen-bond acceptors (Lipinski definition) is 5. The van der Waals surface area contributed by atoms with Gasteiger partial charge in [0.1, 0.15) is 12.0 Å². The van der Waals surface area contributed by atoms with E-state index in [0.717, 1.165) is 6.92 Å². The van der Waals surface area contributed by atoms with Crippen LogP contribution in [0.4, 0.5) is 13.2 Å². The van der Waals surface area contributed by atoms with E-state index in [1.807, 2.05) is 0 Å². The Morgan fingerprint density at radius 3 is 2.56 bits per heavy atom. The molecule has 2 atom stereocenters. The van der Waals surface area contributed by atoms with Gasteiger partial charge in [0.05, 0.1) is 0 Å². The van der Waals surface area contributed by atoms with Gasteiger partial charge in [-0.15, -0.1) is 0 Å². The summed E-state index contributed by atoms with van der Waals surface area (Å²) < 4.78 is 46.3. The van der Waals surface area contributed by atoms with Gasteiger partial charge in [-0.3, -0.25) is 4.79 Å². The van der Waals surface area contributed by atoms with Crippen LogP contribution in [0.2, 0.25) is 0 Å². The maximum absolute atomic E-state index is 12.2. The molecule has 0 saturated heterocycles. The lowest BCUT2D eigenvalue weighted by molar-refractivity contribution is -0.172. The average Bonchev–Trinajstić information content (AvgIpc) is 2.77. The molecule has 2 unspecified atom stereocenters. The fourth-order valence-corrected chi connectivity index (χ4v) is 1.37. The quantitative estimate of drug-likeness (QED) is 0.818. The van der Waals surface area contributed by atoms with Crippen LogP contribution in [-0.2, 0) is 9.53 Å². The molecule has 8 heteroatoms. The van der Waals surface area contributed by atoms with E-state index in [2.05, 4.69) is 14.7 Å². The van der Waals surface area contributed by atoms with Gasteiger partial charge >= 0.3 is 6.18 Å². The second-order valence-electron chi connectivity index (χ2n) is 3.71. The minimum Gasteiger partial charge on any atom is -0.373 e. The Kier molecular flexibility index (Phi) is 4.44. The first-order valence-electron chi connectivity index (χ1n) is 5.28. The van der Waals surface area contributed by atoms with Crippen molar-refractivity contribution in [3.05, 3.63) is 11.7 Å². The van der Waals surface area contributed by atoms with Crippen molar-refractivity contribution in [2.45, 2.75) is 38.5 Å². The molecule has 1 heterocycles. The number of ketones is 1. The number of halogens is 3. The van der Waals surface area contributed by atoms with E-state index in [-0.39, 0.29) is 11.7 Å². The molecule has 1 aromatic heterocycles. The number of alkyl halides is 3. The van der Waals surface area contributed by atoms with Crippen molar-refractivity contribution < 1.29 is 27.2 Å². The molecule has 0 radical (unpaired) electrons. The third kappa shape index (κ3) is 3.06. The summed E-state index contributed by atoms with van der Waals surface area (Å²) >= 11 is 0. The zero-order chi connectivity index (χ0) is 13.9. The molecular formula is C10H13F3N2O3. The number of Topliss-reactive ketones (excluding diaryl/α,β-unsaturated/α-hetero) is 1. The Bertz CT molecular complexity index is 413. The highest BCUT2D eigenvalue weighted by Gasteiger charge is 2.44. The molecule has 0 saturated carbocycles. The molecule has 0 N–H and O–H groups in total. The van der Waals surface area contributed by atoms with Crippen molar-refractivity contribution in [1.82, 2.24) is 10.1 Å². The third-order valence-corrected chi connectivity index (χ3v) is 2.44. The number of carbonyl (C=O) groups is 1. The Labute approximate surface area is 101 Å². The van der Waals surface area contributed by atoms with Crippen molar-refractivity contribution in [2.75, 3.05) is 7.11 Å². The zero-order valence-electron chi connectivity index (χ0n) is 10.1. The molecule has 18 heavy (non-hydrogen) atoms. The van der Waals surface area contributed by atoms with E-state index in [0.29, 0.717) is 6.42 Å². The number of rotatable bonds is 5. The molecule has 0 fully saturated rings. The van der Waals surface area contributed by atoms with Crippen LogP contribution in [0.15, 0.2) is 4.52 Å². The van der Waals surface area contributed by atoms with Crippen LogP contribution >= 0.6 is 0 Å². The largest absolute Gasteiger partial charge is 0.450 e. The summed E-state index contributed by atoms with van der Waals surface area (Å²) in [6, 6.07) is 0. The number of hydrogen-bond donors (Lipinski definition) is 0. The van der Waals surface area contributed by atoms with Crippen molar-refractivity contribution >= 4 is 5.78 Å². The summed E-state index contributed by atoms with van der Waals surface area (Å²) in [5, 5.41) is 3.51. The molecule has 0 spiro atoms. The number of ether oxygens (including phenoxy) is 1. The van der Waals surface area contributed by atoms with Crippen LogP contribution in [-0.4, -0.2) is 29.2 Å². The topological polar surface area (TPSA) is 65.2 Å². The Morgan fingerprint density at radius 1 is 1.50 bits per heavy atom. The van der Waals surface area contributed by atoms with Gasteiger partial charge in [-0.1, -0.05) is 12.1 Å². The Hall–Kier alpha value is -1.44. The first kappa shape index (κ1) is 14.6. The number of methoxy groups -OCH3 is 1. The van der Waals surface area contributed by atoms with E-state index >= 15 is 0 Å². The molecule has 5 nitrogen and oxygen atoms in total. The lowest BCUT2D eigenvalue weighted by Crippen LogP contribution is -2.27. The van der Waals surface area contributed by atoms with Gasteiger partial charge in [-0.2, -0.15) is 18.2 Å². The van der Waals surface area contributed by atoms with Crippen molar-refractivity contribution in [1.29, 1.82) is 0 Å². The molecule has 0 bridgehead atoms. The molecule has 102 valence electrons. The fraction of sp³-hybridized carbons (Fsp3) is 0.700. The van der Waals surface area contributed by atoms with Gasteiger partial charge < -0.3 is 9.26 Å². The van der Waals surface area contributed by atoms with Crippen LogP contribution in [0, 0.1) is 0 Å². The molecular weight excluding hydrogens is 253 g/mol. The fourth-order valence-electron chi connectivity index (χ4n) is 1.37. The second-order valence-corrected chi connectivity index (χ2v) is 3.71. The maximum Gasteiger partial charge on any atom is 0.450 e. The van der Waals surface area contributed by atoms with Gasteiger partial charge in [0.15, 0.2) is 0 Å². The highest BCUT2D eigenvalue weighted by molar-refractivity contribution is 5.89. The first-order chi connectivity index (χ1) is 8.31. The number of aromatic nitrogens is 2. The number of carbonyl (C=O) groups excluding carboxylic acids is 1. The second kappa shape index (κ2) is 5.47. The standard InChI is InChI=1S/C10H13F3N2O3/c1-4-6(17-3)8-14-9(18-15-8)5(2)7(16)10(11,12)13/h5-6H,4H2,1-3H3. The lowest BCUT2D eigenvalue weighted by Gasteiger charge is -2.08. The lowest BCUT2D eigenvalue weighted by atomic mass is 10.1. The minimum atomic E-state index is -4.92. The van der Waals surface area contributed by atoms with E-state index in [1.165, 1.54) is 7.11 Å². The molecule has 0 aliphatic carbocycles. The summed E-state index contributed by atoms with van der Waals surface area (Å²) in [5.41, 5.74) is 0. The van der Waals surface area contributed by atoms with Gasteiger partial charge in [0.2, 0.25) is 17.5 Å². The normalized spacial score (nSPS) is 15.4. The summed E-state index contributed by atoms with van der Waals surface area (Å²) in [5.74, 6) is -3.65. The number of nitrogens with zero attached hydrogens (tertiary/aromatic N) is 2. The Morgan fingerprint density at radius 2 is 2.11 bits per heavy atom. The first-order valence-corrected chi connectivity index (χ1v) is 5.28. The van der Waals surface area contributed by atoms with E-state index in [4.69, 9.17) is 4.74 Å². The van der Waals surface area contributed by atoms with Gasteiger partial charge in [-0.05, 0) is 13.3 Å².